The summed E-state index contributed by atoms with van der Waals surface area (Å²) in [5.41, 5.74) is 7.73. The zero-order valence-corrected chi connectivity index (χ0v) is 10.6. The summed E-state index contributed by atoms with van der Waals surface area (Å²) in [6, 6.07) is 8.00. The zero-order valence-electron chi connectivity index (χ0n) is 9.82. The van der Waals surface area contributed by atoms with E-state index in [1.54, 1.807) is 6.20 Å². The smallest absolute Gasteiger partial charge is 0.0858 e. The molecular formula is C13H16N2S. The van der Waals surface area contributed by atoms with Gasteiger partial charge in [-0.05, 0) is 12.1 Å². The molecule has 16 heavy (non-hydrogen) atoms. The topological polar surface area (TPSA) is 38.9 Å². The Labute approximate surface area is 100 Å². The Morgan fingerprint density at radius 2 is 1.94 bits per heavy atom. The summed E-state index contributed by atoms with van der Waals surface area (Å²) < 4.78 is 0.181. The molecule has 0 radical (unpaired) electrons. The lowest BCUT2D eigenvalue weighted by Gasteiger charge is -2.18. The van der Waals surface area contributed by atoms with Crippen LogP contribution in [0.4, 0.5) is 5.69 Å². The molecule has 0 aliphatic carbocycles. The number of fused-ring (bicyclic) bond motifs is 1. The minimum atomic E-state index is 0.181. The molecule has 0 bridgehead atoms. The quantitative estimate of drug-likeness (QED) is 0.762. The first-order chi connectivity index (χ1) is 7.47. The van der Waals surface area contributed by atoms with E-state index in [4.69, 9.17) is 5.73 Å². The molecule has 2 aromatic rings. The molecule has 0 aliphatic heterocycles. The first-order valence-electron chi connectivity index (χ1n) is 5.29. The minimum Gasteiger partial charge on any atom is -0.398 e. The summed E-state index contributed by atoms with van der Waals surface area (Å²) in [4.78, 5) is 5.62. The standard InChI is InChI=1S/C13H16N2S/c1-13(2,3)16-11-6-4-5-9-10(14)7-8-15-12(9)11/h4-8H,1-3H3,(H2,14,15). The fraction of sp³-hybridized carbons (Fsp3) is 0.308. The van der Waals surface area contributed by atoms with Crippen LogP contribution in [0.15, 0.2) is 35.4 Å². The number of nitrogens with two attached hydrogens (primary N) is 1. The fourth-order valence-corrected chi connectivity index (χ4v) is 2.65. The Bertz CT molecular complexity index is 515. The van der Waals surface area contributed by atoms with Gasteiger partial charge in [-0.1, -0.05) is 32.9 Å². The molecule has 0 fully saturated rings. The number of hydrogen-bond acceptors (Lipinski definition) is 3. The number of hydrogen-bond donors (Lipinski definition) is 1. The van der Waals surface area contributed by atoms with Gasteiger partial charge in [0.2, 0.25) is 0 Å². The van der Waals surface area contributed by atoms with Crippen LogP contribution in [-0.4, -0.2) is 9.73 Å². The van der Waals surface area contributed by atoms with E-state index in [1.165, 1.54) is 4.90 Å². The minimum absolute atomic E-state index is 0.181. The van der Waals surface area contributed by atoms with E-state index in [2.05, 4.69) is 31.8 Å². The third-order valence-corrected chi connectivity index (χ3v) is 3.35. The van der Waals surface area contributed by atoms with Crippen molar-refractivity contribution >= 4 is 28.4 Å². The van der Waals surface area contributed by atoms with Crippen LogP contribution in [0.25, 0.3) is 10.9 Å². The van der Waals surface area contributed by atoms with Gasteiger partial charge in [-0.25, -0.2) is 0 Å². The number of rotatable bonds is 1. The molecule has 0 aliphatic rings. The predicted molar refractivity (Wildman–Crippen MR) is 71.8 cm³/mol. The Kier molecular flexibility index (Phi) is 2.80. The average molecular weight is 232 g/mol. The summed E-state index contributed by atoms with van der Waals surface area (Å²) in [7, 11) is 0. The fourth-order valence-electron chi connectivity index (χ4n) is 1.58. The third kappa shape index (κ3) is 2.30. The first-order valence-corrected chi connectivity index (χ1v) is 6.11. The molecule has 0 amide bonds. The molecule has 0 spiro atoms. The maximum absolute atomic E-state index is 5.94. The van der Waals surface area contributed by atoms with E-state index >= 15 is 0 Å². The van der Waals surface area contributed by atoms with Crippen molar-refractivity contribution in [2.75, 3.05) is 5.73 Å². The monoisotopic (exact) mass is 232 g/mol. The molecule has 2 rings (SSSR count). The number of pyridine rings is 1. The van der Waals surface area contributed by atoms with Gasteiger partial charge in [0.15, 0.2) is 0 Å². The number of para-hydroxylation sites is 1. The van der Waals surface area contributed by atoms with Gasteiger partial charge in [0.05, 0.1) is 5.52 Å². The van der Waals surface area contributed by atoms with Crippen LogP contribution in [0, 0.1) is 0 Å². The highest BCUT2D eigenvalue weighted by Crippen LogP contribution is 2.36. The van der Waals surface area contributed by atoms with Gasteiger partial charge >= 0.3 is 0 Å². The lowest BCUT2D eigenvalue weighted by molar-refractivity contribution is 0.803. The van der Waals surface area contributed by atoms with E-state index in [0.29, 0.717) is 0 Å². The van der Waals surface area contributed by atoms with Crippen LogP contribution in [0.5, 0.6) is 0 Å². The summed E-state index contributed by atoms with van der Waals surface area (Å²) in [5, 5.41) is 1.04. The number of thioether (sulfide) groups is 1. The normalized spacial score (nSPS) is 11.9. The van der Waals surface area contributed by atoms with Crippen molar-refractivity contribution < 1.29 is 0 Å². The molecule has 1 aromatic heterocycles. The van der Waals surface area contributed by atoms with Crippen molar-refractivity contribution in [3.63, 3.8) is 0 Å². The molecule has 1 aromatic carbocycles. The van der Waals surface area contributed by atoms with Crippen LogP contribution in [0.1, 0.15) is 20.8 Å². The average Bonchev–Trinajstić information content (AvgIpc) is 2.17. The molecule has 0 saturated heterocycles. The summed E-state index contributed by atoms with van der Waals surface area (Å²) >= 11 is 1.82. The first kappa shape index (κ1) is 11.3. The number of nitrogen functional groups attached to an aromatic ring is 1. The number of benzene rings is 1. The number of aromatic nitrogens is 1. The van der Waals surface area contributed by atoms with Crippen molar-refractivity contribution in [1.29, 1.82) is 0 Å². The van der Waals surface area contributed by atoms with Gasteiger partial charge in [-0.2, -0.15) is 0 Å². The third-order valence-electron chi connectivity index (χ3n) is 2.18. The van der Waals surface area contributed by atoms with E-state index in [9.17, 15) is 0 Å². The Morgan fingerprint density at radius 1 is 1.19 bits per heavy atom. The second-order valence-corrected chi connectivity index (χ2v) is 6.64. The molecule has 0 saturated carbocycles. The Hall–Kier alpha value is -1.22. The Balaban J connectivity index is 2.58. The van der Waals surface area contributed by atoms with Crippen LogP contribution in [-0.2, 0) is 0 Å². The molecule has 2 N–H and O–H groups in total. The van der Waals surface area contributed by atoms with E-state index < -0.39 is 0 Å². The molecule has 2 nitrogen and oxygen atoms in total. The largest absolute Gasteiger partial charge is 0.398 e. The van der Waals surface area contributed by atoms with Gasteiger partial charge in [0.1, 0.15) is 0 Å². The number of anilines is 1. The molecule has 0 atom stereocenters. The van der Waals surface area contributed by atoms with Crippen LogP contribution in [0.2, 0.25) is 0 Å². The second-order valence-electron chi connectivity index (χ2n) is 4.77. The van der Waals surface area contributed by atoms with Gasteiger partial charge in [-0.3, -0.25) is 4.98 Å². The molecule has 1 heterocycles. The van der Waals surface area contributed by atoms with Gasteiger partial charge in [0, 0.05) is 26.9 Å². The molecular weight excluding hydrogens is 216 g/mol. The van der Waals surface area contributed by atoms with Gasteiger partial charge in [-0.15, -0.1) is 11.8 Å². The van der Waals surface area contributed by atoms with Crippen molar-refractivity contribution in [3.05, 3.63) is 30.5 Å². The highest BCUT2D eigenvalue weighted by atomic mass is 32.2. The van der Waals surface area contributed by atoms with E-state index in [1.807, 2.05) is 30.0 Å². The van der Waals surface area contributed by atoms with Crippen LogP contribution in [0.3, 0.4) is 0 Å². The summed E-state index contributed by atoms with van der Waals surface area (Å²) in [6.07, 6.45) is 1.77. The maximum atomic E-state index is 5.94. The maximum Gasteiger partial charge on any atom is 0.0858 e. The second kappa shape index (κ2) is 3.98. The highest BCUT2D eigenvalue weighted by Gasteiger charge is 2.14. The van der Waals surface area contributed by atoms with Crippen molar-refractivity contribution in [2.24, 2.45) is 0 Å². The summed E-state index contributed by atoms with van der Waals surface area (Å²) in [6.45, 7) is 6.59. The number of nitrogens with zero attached hydrogens (tertiary/aromatic N) is 1. The molecule has 84 valence electrons. The van der Waals surface area contributed by atoms with Crippen molar-refractivity contribution in [3.8, 4) is 0 Å². The van der Waals surface area contributed by atoms with Gasteiger partial charge < -0.3 is 5.73 Å². The SMILES string of the molecule is CC(C)(C)Sc1cccc2c(N)ccnc12. The van der Waals surface area contributed by atoms with E-state index in [-0.39, 0.29) is 4.75 Å². The molecule has 3 heteroatoms. The highest BCUT2D eigenvalue weighted by molar-refractivity contribution is 8.00. The predicted octanol–water partition coefficient (Wildman–Crippen LogP) is 3.71. The summed E-state index contributed by atoms with van der Waals surface area (Å²) in [5.74, 6) is 0. The molecule has 0 unspecified atom stereocenters. The lowest BCUT2D eigenvalue weighted by atomic mass is 10.2. The van der Waals surface area contributed by atoms with Gasteiger partial charge in [0.25, 0.3) is 0 Å². The van der Waals surface area contributed by atoms with E-state index in [0.717, 1.165) is 16.6 Å². The van der Waals surface area contributed by atoms with Crippen molar-refractivity contribution in [1.82, 2.24) is 4.98 Å². The zero-order chi connectivity index (χ0) is 11.8. The lowest BCUT2D eigenvalue weighted by Crippen LogP contribution is -2.06. The Morgan fingerprint density at radius 3 is 2.62 bits per heavy atom. The van der Waals surface area contributed by atoms with Crippen LogP contribution < -0.4 is 5.73 Å². The van der Waals surface area contributed by atoms with Crippen LogP contribution >= 0.6 is 11.8 Å². The van der Waals surface area contributed by atoms with Crippen molar-refractivity contribution in [2.45, 2.75) is 30.4 Å².